The van der Waals surface area contributed by atoms with Gasteiger partial charge in [-0.2, -0.15) is 5.26 Å². The van der Waals surface area contributed by atoms with Crippen LogP contribution in [0.25, 0.3) is 10.2 Å². The second kappa shape index (κ2) is 10.9. The first-order valence-corrected chi connectivity index (χ1v) is 14.7. The van der Waals surface area contributed by atoms with Crippen molar-refractivity contribution in [3.8, 4) is 11.8 Å². The lowest BCUT2D eigenvalue weighted by atomic mass is 10.0. The maximum atomic E-state index is 13.5. The molecule has 0 spiro atoms. The summed E-state index contributed by atoms with van der Waals surface area (Å²) >= 11 is 1.22. The van der Waals surface area contributed by atoms with Crippen LogP contribution in [-0.2, 0) is 4.79 Å². The van der Waals surface area contributed by atoms with E-state index >= 15 is 0 Å². The second-order valence-electron chi connectivity index (χ2n) is 10.8. The van der Waals surface area contributed by atoms with Crippen molar-refractivity contribution in [3.05, 3.63) is 53.1 Å². The van der Waals surface area contributed by atoms with Crippen LogP contribution in [0.2, 0.25) is 0 Å². The van der Waals surface area contributed by atoms with E-state index < -0.39 is 0 Å². The maximum Gasteiger partial charge on any atom is 0.331 e. The summed E-state index contributed by atoms with van der Waals surface area (Å²) in [5, 5.41) is 16.2. The Morgan fingerprint density at radius 2 is 2.00 bits per heavy atom. The first-order chi connectivity index (χ1) is 19.8. The van der Waals surface area contributed by atoms with E-state index in [0.717, 1.165) is 19.3 Å². The molecule has 1 saturated heterocycles. The maximum absolute atomic E-state index is 13.5. The molecule has 2 aliphatic heterocycles. The van der Waals surface area contributed by atoms with Crippen LogP contribution in [0, 0.1) is 17.2 Å². The molecule has 41 heavy (non-hydrogen) atoms. The van der Waals surface area contributed by atoms with Crippen molar-refractivity contribution in [2.45, 2.75) is 51.7 Å². The number of likely N-dealkylation sites (tertiary alicyclic amines) is 1. The highest BCUT2D eigenvalue weighted by molar-refractivity contribution is 7.21. The third kappa shape index (κ3) is 5.35. The van der Waals surface area contributed by atoms with Crippen LogP contribution in [-0.4, -0.2) is 53.0 Å². The van der Waals surface area contributed by atoms with Crippen molar-refractivity contribution in [1.29, 1.82) is 5.26 Å². The number of nitriles is 1. The van der Waals surface area contributed by atoms with E-state index in [1.54, 1.807) is 28.1 Å². The van der Waals surface area contributed by atoms with Gasteiger partial charge in [-0.1, -0.05) is 6.08 Å². The van der Waals surface area contributed by atoms with Crippen LogP contribution in [0.15, 0.2) is 48.2 Å². The van der Waals surface area contributed by atoms with Crippen LogP contribution in [0.1, 0.15) is 49.2 Å². The molecule has 1 atom stereocenters. The number of rotatable bonds is 7. The normalized spacial score (nSPS) is 18.7. The summed E-state index contributed by atoms with van der Waals surface area (Å²) in [6.45, 7) is 4.78. The molecule has 0 radical (unpaired) electrons. The van der Waals surface area contributed by atoms with E-state index in [4.69, 9.17) is 4.74 Å². The molecular weight excluding hydrogens is 540 g/mol. The number of benzene rings is 1. The molecule has 10 nitrogen and oxygen atoms in total. The Labute approximate surface area is 241 Å². The van der Waals surface area contributed by atoms with Crippen molar-refractivity contribution in [2.75, 3.05) is 23.3 Å². The van der Waals surface area contributed by atoms with E-state index in [2.05, 4.69) is 21.7 Å². The predicted molar refractivity (Wildman–Crippen MR) is 156 cm³/mol. The molecule has 2 aromatic heterocycles. The molecule has 2 N–H and O–H groups in total. The van der Waals surface area contributed by atoms with Crippen molar-refractivity contribution in [2.24, 2.45) is 5.92 Å². The summed E-state index contributed by atoms with van der Waals surface area (Å²) in [5.41, 5.74) is 1.92. The van der Waals surface area contributed by atoms with Gasteiger partial charge in [0.1, 0.15) is 27.1 Å². The van der Waals surface area contributed by atoms with Gasteiger partial charge in [0.25, 0.3) is 11.8 Å². The van der Waals surface area contributed by atoms with Crippen LogP contribution in [0.3, 0.4) is 0 Å². The highest BCUT2D eigenvalue weighted by Crippen LogP contribution is 2.45. The number of amides is 4. The second-order valence-corrected chi connectivity index (χ2v) is 11.8. The highest BCUT2D eigenvalue weighted by atomic mass is 32.1. The molecule has 1 aromatic carbocycles. The van der Waals surface area contributed by atoms with Crippen molar-refractivity contribution in [3.63, 3.8) is 0 Å². The minimum absolute atomic E-state index is 0.0354. The average Bonchev–Trinajstić information content (AvgIpc) is 3.71. The number of allylic oxidation sites excluding steroid dienone is 1. The molecule has 1 aliphatic carbocycles. The summed E-state index contributed by atoms with van der Waals surface area (Å²) in [6.07, 6.45) is 6.90. The largest absolute Gasteiger partial charge is 0.491 e. The van der Waals surface area contributed by atoms with Gasteiger partial charge in [-0.25, -0.2) is 9.78 Å². The molecule has 1 unspecified atom stereocenters. The molecule has 2 fully saturated rings. The zero-order valence-corrected chi connectivity index (χ0v) is 23.7. The molecule has 11 heteroatoms. The van der Waals surface area contributed by atoms with Crippen LogP contribution < -0.4 is 20.3 Å². The van der Waals surface area contributed by atoms with Gasteiger partial charge in [-0.3, -0.25) is 14.5 Å². The van der Waals surface area contributed by atoms with Crippen LogP contribution in [0.5, 0.6) is 5.75 Å². The molecule has 4 heterocycles. The summed E-state index contributed by atoms with van der Waals surface area (Å²) in [5.74, 6) is 0.426. The van der Waals surface area contributed by atoms with Gasteiger partial charge in [0.2, 0.25) is 0 Å². The Bertz CT molecular complexity index is 1600. The van der Waals surface area contributed by atoms with Crippen molar-refractivity contribution in [1.82, 2.24) is 15.2 Å². The Kier molecular flexibility index (Phi) is 7.09. The molecule has 3 aliphatic rings. The monoisotopic (exact) mass is 570 g/mol. The zero-order chi connectivity index (χ0) is 28.7. The Balaban J connectivity index is 1.23. The summed E-state index contributed by atoms with van der Waals surface area (Å²) in [7, 11) is 0. The Morgan fingerprint density at radius 3 is 2.71 bits per heavy atom. The number of aromatic nitrogens is 1. The van der Waals surface area contributed by atoms with Gasteiger partial charge in [0.15, 0.2) is 0 Å². The Hall–Kier alpha value is -4.43. The fourth-order valence-corrected chi connectivity index (χ4v) is 6.32. The molecular formula is C30H30N6O4S. The van der Waals surface area contributed by atoms with Gasteiger partial charge in [0.05, 0.1) is 28.6 Å². The fourth-order valence-electron chi connectivity index (χ4n) is 5.30. The van der Waals surface area contributed by atoms with Gasteiger partial charge >= 0.3 is 6.03 Å². The number of thiophene rings is 1. The first kappa shape index (κ1) is 26.8. The standard InChI is InChI=1S/C30H30N6O4S/c1-17(2)40-22-9-7-21(8-10-22)36-23-11-12-32-28-24(23)25(34-30(36)39)26(41-28)27(37)33-20-4-3-13-35(16-20)29(38)19(15-31)14-18-5-6-18/h7-12,14,17-18,20H,3-6,13,16H2,1-2H3,(H,33,37)(H,34,39). The van der Waals surface area contributed by atoms with E-state index in [1.165, 1.54) is 11.3 Å². The molecule has 1 saturated carbocycles. The average molecular weight is 571 g/mol. The van der Waals surface area contributed by atoms with Crippen molar-refractivity contribution >= 4 is 56.5 Å². The lowest BCUT2D eigenvalue weighted by Crippen LogP contribution is -2.50. The SMILES string of the molecule is CC(C)Oc1ccc(N2C(=O)Nc3c(C(=O)NC4CCCN(C(=O)C(C#N)=CC5CC5)C4)sc4nccc2c34)cc1. The highest BCUT2D eigenvalue weighted by Gasteiger charge is 2.34. The van der Waals surface area contributed by atoms with E-state index in [0.29, 0.717) is 63.3 Å². The number of carbonyl (C=O) groups is 3. The number of nitrogens with zero attached hydrogens (tertiary/aromatic N) is 4. The zero-order valence-electron chi connectivity index (χ0n) is 22.8. The van der Waals surface area contributed by atoms with Crippen LogP contribution in [0.4, 0.5) is 21.9 Å². The topological polar surface area (TPSA) is 128 Å². The lowest BCUT2D eigenvalue weighted by Gasteiger charge is -2.33. The predicted octanol–water partition coefficient (Wildman–Crippen LogP) is 5.35. The van der Waals surface area contributed by atoms with E-state index in [1.807, 2.05) is 38.1 Å². The number of pyridine rings is 1. The number of nitrogens with one attached hydrogen (secondary N) is 2. The fraction of sp³-hybridized carbons (Fsp3) is 0.367. The third-order valence-electron chi connectivity index (χ3n) is 7.34. The number of piperidine rings is 1. The summed E-state index contributed by atoms with van der Waals surface area (Å²) in [6, 6.07) is 10.5. The number of urea groups is 1. The van der Waals surface area contributed by atoms with E-state index in [-0.39, 0.29) is 35.6 Å². The number of anilines is 3. The van der Waals surface area contributed by atoms with Crippen molar-refractivity contribution < 1.29 is 19.1 Å². The quantitative estimate of drug-likeness (QED) is 0.291. The molecule has 6 rings (SSSR count). The molecule has 4 amide bonds. The van der Waals surface area contributed by atoms with Crippen LogP contribution >= 0.6 is 11.3 Å². The van der Waals surface area contributed by atoms with Gasteiger partial charge in [-0.15, -0.1) is 11.3 Å². The summed E-state index contributed by atoms with van der Waals surface area (Å²) < 4.78 is 5.73. The first-order valence-electron chi connectivity index (χ1n) is 13.8. The van der Waals surface area contributed by atoms with Gasteiger partial charge < -0.3 is 20.3 Å². The molecule has 0 bridgehead atoms. The lowest BCUT2D eigenvalue weighted by molar-refractivity contribution is -0.128. The van der Waals surface area contributed by atoms with Gasteiger partial charge in [-0.05, 0) is 75.8 Å². The number of carbonyl (C=O) groups excluding carboxylic acids is 3. The van der Waals surface area contributed by atoms with E-state index in [9.17, 15) is 19.6 Å². The number of ether oxygens (including phenoxy) is 1. The molecule has 3 aromatic rings. The summed E-state index contributed by atoms with van der Waals surface area (Å²) in [4.78, 5) is 48.6. The molecule has 210 valence electrons. The number of hydrogen-bond acceptors (Lipinski definition) is 7. The third-order valence-corrected chi connectivity index (χ3v) is 8.43. The Morgan fingerprint density at radius 1 is 1.22 bits per heavy atom. The number of hydrogen-bond donors (Lipinski definition) is 2. The smallest absolute Gasteiger partial charge is 0.331 e. The van der Waals surface area contributed by atoms with Gasteiger partial charge in [0, 0.05) is 25.3 Å². The minimum atomic E-state index is -0.379. The minimum Gasteiger partial charge on any atom is -0.491 e.